The molecule has 0 atom stereocenters. The van der Waals surface area contributed by atoms with Crippen molar-refractivity contribution in [2.24, 2.45) is 0 Å². The number of rotatable bonds is 23. The molecule has 0 saturated carbocycles. The Morgan fingerprint density at radius 2 is 0.733 bits per heavy atom. The second-order valence-corrected chi connectivity index (χ2v) is 8.05. The number of unbranched alkanes of at least 4 members (excludes halogenated alkanes) is 13. The fraction of sp³-hybridized carbons (Fsp3) is 0.917. The van der Waals surface area contributed by atoms with E-state index in [0.29, 0.717) is 26.1 Å². The smallest absolute Gasteiger partial charge is 0.305 e. The van der Waals surface area contributed by atoms with Gasteiger partial charge >= 0.3 is 11.9 Å². The number of hydrogen-bond acceptors (Lipinski definition) is 6. The Balaban J connectivity index is 3.20. The highest BCUT2D eigenvalue weighted by atomic mass is 16.5. The molecule has 0 aliphatic heterocycles. The lowest BCUT2D eigenvalue weighted by atomic mass is 10.1. The van der Waals surface area contributed by atoms with Crippen molar-refractivity contribution in [1.82, 2.24) is 0 Å². The summed E-state index contributed by atoms with van der Waals surface area (Å²) in [6, 6.07) is 0. The third-order valence-electron chi connectivity index (χ3n) is 5.14. The van der Waals surface area contributed by atoms with Crippen molar-refractivity contribution >= 4 is 11.9 Å². The first-order valence-corrected chi connectivity index (χ1v) is 12.2. The fourth-order valence-corrected chi connectivity index (χ4v) is 3.25. The van der Waals surface area contributed by atoms with Gasteiger partial charge < -0.3 is 19.7 Å². The van der Waals surface area contributed by atoms with E-state index in [-0.39, 0.29) is 25.2 Å². The highest BCUT2D eigenvalue weighted by Crippen LogP contribution is 2.10. The monoisotopic (exact) mass is 430 g/mol. The van der Waals surface area contributed by atoms with Crippen LogP contribution in [0.15, 0.2) is 0 Å². The average Bonchev–Trinajstić information content (AvgIpc) is 2.74. The van der Waals surface area contributed by atoms with E-state index in [0.717, 1.165) is 77.0 Å². The second-order valence-electron chi connectivity index (χ2n) is 8.05. The Morgan fingerprint density at radius 3 is 1.10 bits per heavy atom. The zero-order valence-electron chi connectivity index (χ0n) is 19.1. The topological polar surface area (TPSA) is 93.1 Å². The first kappa shape index (κ1) is 28.9. The van der Waals surface area contributed by atoms with Crippen LogP contribution in [0.3, 0.4) is 0 Å². The van der Waals surface area contributed by atoms with Crippen LogP contribution in [0.2, 0.25) is 0 Å². The van der Waals surface area contributed by atoms with Gasteiger partial charge in [0, 0.05) is 26.1 Å². The first-order valence-electron chi connectivity index (χ1n) is 12.2. The molecule has 0 aromatic rings. The molecular weight excluding hydrogens is 384 g/mol. The van der Waals surface area contributed by atoms with Crippen molar-refractivity contribution in [1.29, 1.82) is 0 Å². The average molecular weight is 431 g/mol. The number of aliphatic hydroxyl groups excluding tert-OH is 2. The largest absolute Gasteiger partial charge is 0.466 e. The van der Waals surface area contributed by atoms with Crippen LogP contribution in [0.5, 0.6) is 0 Å². The van der Waals surface area contributed by atoms with Crippen LogP contribution >= 0.6 is 0 Å². The molecule has 0 saturated heterocycles. The summed E-state index contributed by atoms with van der Waals surface area (Å²) < 4.78 is 10.5. The molecule has 0 aliphatic carbocycles. The molecule has 6 heteroatoms. The van der Waals surface area contributed by atoms with Crippen LogP contribution in [0.25, 0.3) is 0 Å². The number of aliphatic hydroxyl groups is 2. The Kier molecular flexibility index (Phi) is 23.2. The summed E-state index contributed by atoms with van der Waals surface area (Å²) >= 11 is 0. The second kappa shape index (κ2) is 24.1. The summed E-state index contributed by atoms with van der Waals surface area (Å²) in [4.78, 5) is 23.1. The van der Waals surface area contributed by atoms with Crippen molar-refractivity contribution in [3.05, 3.63) is 0 Å². The van der Waals surface area contributed by atoms with E-state index in [9.17, 15) is 9.59 Å². The first-order chi connectivity index (χ1) is 14.7. The molecule has 0 heterocycles. The molecule has 0 amide bonds. The molecule has 6 nitrogen and oxygen atoms in total. The Labute approximate surface area is 183 Å². The van der Waals surface area contributed by atoms with Crippen molar-refractivity contribution in [3.63, 3.8) is 0 Å². The number of esters is 2. The lowest BCUT2D eigenvalue weighted by Crippen LogP contribution is -2.05. The number of ether oxygens (including phenoxy) is 2. The number of hydrogen-bond donors (Lipinski definition) is 2. The molecule has 0 aliphatic rings. The van der Waals surface area contributed by atoms with E-state index in [2.05, 4.69) is 0 Å². The van der Waals surface area contributed by atoms with E-state index >= 15 is 0 Å². The number of carbonyl (C=O) groups excluding carboxylic acids is 2. The molecule has 0 aromatic heterocycles. The van der Waals surface area contributed by atoms with Gasteiger partial charge in [0.05, 0.1) is 13.2 Å². The molecule has 0 radical (unpaired) electrons. The number of carbonyl (C=O) groups is 2. The van der Waals surface area contributed by atoms with E-state index in [1.807, 2.05) is 0 Å². The molecule has 0 rings (SSSR count). The van der Waals surface area contributed by atoms with Crippen molar-refractivity contribution < 1.29 is 29.3 Å². The minimum Gasteiger partial charge on any atom is -0.466 e. The van der Waals surface area contributed by atoms with Gasteiger partial charge in [-0.2, -0.15) is 0 Å². The maximum atomic E-state index is 11.6. The molecule has 178 valence electrons. The molecule has 0 fully saturated rings. The normalized spacial score (nSPS) is 10.9. The summed E-state index contributed by atoms with van der Waals surface area (Å²) in [5, 5.41) is 17.4. The van der Waals surface area contributed by atoms with E-state index in [1.165, 1.54) is 25.7 Å². The maximum Gasteiger partial charge on any atom is 0.305 e. The SMILES string of the molecule is O=C(CCCCCCO)OCCCCCCCCCCOC(=O)CCCCCCO. The summed E-state index contributed by atoms with van der Waals surface area (Å²) in [6.45, 7) is 1.52. The predicted octanol–water partition coefficient (Wildman–Crippen LogP) is 5.08. The van der Waals surface area contributed by atoms with Crippen LogP contribution < -0.4 is 0 Å². The highest BCUT2D eigenvalue weighted by Gasteiger charge is 2.03. The third-order valence-corrected chi connectivity index (χ3v) is 5.14. The molecular formula is C24H46O6. The van der Waals surface area contributed by atoms with E-state index in [4.69, 9.17) is 19.7 Å². The van der Waals surface area contributed by atoms with Gasteiger partial charge in [-0.25, -0.2) is 0 Å². The lowest BCUT2D eigenvalue weighted by molar-refractivity contribution is -0.144. The molecule has 30 heavy (non-hydrogen) atoms. The van der Waals surface area contributed by atoms with Gasteiger partial charge in [0.1, 0.15) is 0 Å². The predicted molar refractivity (Wildman–Crippen MR) is 119 cm³/mol. The van der Waals surface area contributed by atoms with Gasteiger partial charge in [0.25, 0.3) is 0 Å². The van der Waals surface area contributed by atoms with Gasteiger partial charge in [-0.15, -0.1) is 0 Å². The van der Waals surface area contributed by atoms with Crippen molar-refractivity contribution in [2.75, 3.05) is 26.4 Å². The Hall–Kier alpha value is -1.14. The highest BCUT2D eigenvalue weighted by molar-refractivity contribution is 5.69. The molecule has 0 aromatic carbocycles. The third kappa shape index (κ3) is 23.1. The van der Waals surface area contributed by atoms with Crippen LogP contribution in [0, 0.1) is 0 Å². The van der Waals surface area contributed by atoms with Gasteiger partial charge in [-0.3, -0.25) is 9.59 Å². The van der Waals surface area contributed by atoms with Crippen LogP contribution in [-0.4, -0.2) is 48.6 Å². The minimum absolute atomic E-state index is 0.0959. The van der Waals surface area contributed by atoms with Crippen LogP contribution in [-0.2, 0) is 19.1 Å². The van der Waals surface area contributed by atoms with Gasteiger partial charge in [0.2, 0.25) is 0 Å². The molecule has 0 spiro atoms. The summed E-state index contributed by atoms with van der Waals surface area (Å²) in [5.74, 6) is -0.192. The van der Waals surface area contributed by atoms with E-state index in [1.54, 1.807) is 0 Å². The van der Waals surface area contributed by atoms with Gasteiger partial charge in [-0.05, 0) is 38.5 Å². The lowest BCUT2D eigenvalue weighted by Gasteiger charge is -2.06. The van der Waals surface area contributed by atoms with Crippen LogP contribution in [0.4, 0.5) is 0 Å². The fourth-order valence-electron chi connectivity index (χ4n) is 3.25. The maximum absolute atomic E-state index is 11.6. The standard InChI is InChI=1S/C24H46O6/c25-19-13-7-5-11-17-23(27)29-21-15-9-3-1-2-4-10-16-22-30-24(28)18-12-6-8-14-20-26/h25-26H,1-22H2. The summed E-state index contributed by atoms with van der Waals surface area (Å²) in [6.07, 6.45) is 17.0. The van der Waals surface area contributed by atoms with Crippen LogP contribution in [0.1, 0.15) is 116 Å². The molecule has 0 unspecified atom stereocenters. The summed E-state index contributed by atoms with van der Waals surface area (Å²) in [5.41, 5.74) is 0. The quantitative estimate of drug-likeness (QED) is 0.173. The van der Waals surface area contributed by atoms with Gasteiger partial charge in [-0.1, -0.05) is 64.2 Å². The zero-order chi connectivity index (χ0) is 22.1. The summed E-state index contributed by atoms with van der Waals surface area (Å²) in [7, 11) is 0. The minimum atomic E-state index is -0.0959. The van der Waals surface area contributed by atoms with Gasteiger partial charge in [0.15, 0.2) is 0 Å². The Morgan fingerprint density at radius 1 is 0.433 bits per heavy atom. The van der Waals surface area contributed by atoms with E-state index < -0.39 is 0 Å². The van der Waals surface area contributed by atoms with Crippen molar-refractivity contribution in [2.45, 2.75) is 116 Å². The molecule has 2 N–H and O–H groups in total. The zero-order valence-corrected chi connectivity index (χ0v) is 19.1. The van der Waals surface area contributed by atoms with Crippen molar-refractivity contribution in [3.8, 4) is 0 Å². The molecule has 0 bridgehead atoms. The Bertz CT molecular complexity index is 350.